The van der Waals surface area contributed by atoms with E-state index in [1.54, 1.807) is 6.07 Å². The number of carbonyl (C=O) groups excluding carboxylic acids is 1. The van der Waals surface area contributed by atoms with Gasteiger partial charge in [-0.15, -0.1) is 0 Å². The third kappa shape index (κ3) is 3.30. The van der Waals surface area contributed by atoms with Crippen molar-refractivity contribution in [3.05, 3.63) is 33.3 Å². The molecule has 1 aliphatic rings. The van der Waals surface area contributed by atoms with E-state index in [2.05, 4.69) is 34.7 Å². The van der Waals surface area contributed by atoms with Crippen LogP contribution in [0.3, 0.4) is 0 Å². The van der Waals surface area contributed by atoms with Crippen molar-refractivity contribution in [1.29, 1.82) is 0 Å². The van der Waals surface area contributed by atoms with E-state index in [1.807, 2.05) is 17.0 Å². The number of hydrogen-bond donors (Lipinski definition) is 0. The van der Waals surface area contributed by atoms with E-state index in [0.717, 1.165) is 26.2 Å². The molecule has 1 aromatic rings. The van der Waals surface area contributed by atoms with Gasteiger partial charge in [0.15, 0.2) is 0 Å². The van der Waals surface area contributed by atoms with E-state index in [1.165, 1.54) is 0 Å². The van der Waals surface area contributed by atoms with Crippen LogP contribution in [0.1, 0.15) is 24.2 Å². The molecule has 0 spiro atoms. The molecule has 19 heavy (non-hydrogen) atoms. The Morgan fingerprint density at radius 1 is 1.26 bits per heavy atom. The quantitative estimate of drug-likeness (QED) is 0.821. The SMILES string of the molecule is CC(C)N1CCN(C(=O)c2cccc(Cl)c2Br)CC1. The minimum Gasteiger partial charge on any atom is -0.336 e. The lowest BCUT2D eigenvalue weighted by Crippen LogP contribution is -2.50. The van der Waals surface area contributed by atoms with Crippen LogP contribution in [-0.4, -0.2) is 47.9 Å². The van der Waals surface area contributed by atoms with Gasteiger partial charge in [0.2, 0.25) is 0 Å². The predicted molar refractivity (Wildman–Crippen MR) is 81.8 cm³/mol. The topological polar surface area (TPSA) is 23.6 Å². The summed E-state index contributed by atoms with van der Waals surface area (Å²) in [7, 11) is 0. The second-order valence-corrected chi connectivity index (χ2v) is 6.22. The summed E-state index contributed by atoms with van der Waals surface area (Å²) in [5.74, 6) is 0.0535. The molecule has 0 saturated carbocycles. The van der Waals surface area contributed by atoms with Crippen LogP contribution in [-0.2, 0) is 0 Å². The largest absolute Gasteiger partial charge is 0.336 e. The maximum Gasteiger partial charge on any atom is 0.255 e. The normalized spacial score (nSPS) is 17.0. The zero-order valence-corrected chi connectivity index (χ0v) is 13.5. The first kappa shape index (κ1) is 14.8. The highest BCUT2D eigenvalue weighted by molar-refractivity contribution is 9.10. The number of hydrogen-bond acceptors (Lipinski definition) is 2. The summed E-state index contributed by atoms with van der Waals surface area (Å²) in [6.45, 7) is 7.78. The van der Waals surface area contributed by atoms with Gasteiger partial charge in [-0.05, 0) is 41.9 Å². The summed E-state index contributed by atoms with van der Waals surface area (Å²) in [5, 5.41) is 0.576. The van der Waals surface area contributed by atoms with Gasteiger partial charge in [0, 0.05) is 36.7 Å². The number of nitrogens with zero attached hydrogens (tertiary/aromatic N) is 2. The average Bonchev–Trinajstić information content (AvgIpc) is 2.41. The lowest BCUT2D eigenvalue weighted by molar-refractivity contribution is 0.0594. The zero-order valence-electron chi connectivity index (χ0n) is 11.2. The molecule has 0 N–H and O–H groups in total. The van der Waals surface area contributed by atoms with Crippen molar-refractivity contribution in [1.82, 2.24) is 9.80 Å². The number of carbonyl (C=O) groups is 1. The van der Waals surface area contributed by atoms with Crippen LogP contribution in [0.4, 0.5) is 0 Å². The molecule has 0 aromatic heterocycles. The minimum atomic E-state index is 0.0535. The Balaban J connectivity index is 2.07. The van der Waals surface area contributed by atoms with Gasteiger partial charge in [-0.25, -0.2) is 0 Å². The van der Waals surface area contributed by atoms with E-state index in [4.69, 9.17) is 11.6 Å². The second-order valence-electron chi connectivity index (χ2n) is 5.02. The maximum atomic E-state index is 12.5. The van der Waals surface area contributed by atoms with E-state index < -0.39 is 0 Å². The summed E-state index contributed by atoms with van der Waals surface area (Å²) >= 11 is 9.43. The third-order valence-corrected chi connectivity index (χ3v) is 4.91. The summed E-state index contributed by atoms with van der Waals surface area (Å²) in [4.78, 5) is 16.8. The fourth-order valence-corrected chi connectivity index (χ4v) is 2.89. The van der Waals surface area contributed by atoms with Crippen LogP contribution in [0, 0.1) is 0 Å². The molecule has 1 aromatic carbocycles. The summed E-state index contributed by atoms with van der Waals surface area (Å²) in [5.41, 5.74) is 0.644. The molecular formula is C14H18BrClN2O. The Labute approximate surface area is 127 Å². The molecule has 2 rings (SSSR count). The van der Waals surface area contributed by atoms with E-state index >= 15 is 0 Å². The summed E-state index contributed by atoms with van der Waals surface area (Å²) in [6, 6.07) is 5.94. The number of rotatable bonds is 2. The van der Waals surface area contributed by atoms with Gasteiger partial charge < -0.3 is 4.90 Å². The lowest BCUT2D eigenvalue weighted by atomic mass is 10.1. The first-order valence-corrected chi connectivity index (χ1v) is 7.65. The van der Waals surface area contributed by atoms with Crippen molar-refractivity contribution < 1.29 is 4.79 Å². The number of piperazine rings is 1. The fourth-order valence-electron chi connectivity index (χ4n) is 2.28. The van der Waals surface area contributed by atoms with Crippen molar-refractivity contribution >= 4 is 33.4 Å². The maximum absolute atomic E-state index is 12.5. The Morgan fingerprint density at radius 2 is 1.89 bits per heavy atom. The molecule has 1 heterocycles. The highest BCUT2D eigenvalue weighted by Gasteiger charge is 2.24. The van der Waals surface area contributed by atoms with E-state index in [9.17, 15) is 4.79 Å². The van der Waals surface area contributed by atoms with Gasteiger partial charge in [0.05, 0.1) is 10.6 Å². The molecule has 104 valence electrons. The number of halogens is 2. The zero-order chi connectivity index (χ0) is 14.0. The van der Waals surface area contributed by atoms with Crippen molar-refractivity contribution in [2.24, 2.45) is 0 Å². The van der Waals surface area contributed by atoms with E-state index in [0.29, 0.717) is 21.1 Å². The molecule has 1 saturated heterocycles. The van der Waals surface area contributed by atoms with Crippen LogP contribution in [0.5, 0.6) is 0 Å². The smallest absolute Gasteiger partial charge is 0.255 e. The lowest BCUT2D eigenvalue weighted by Gasteiger charge is -2.37. The molecule has 0 aliphatic carbocycles. The molecule has 5 heteroatoms. The van der Waals surface area contributed by atoms with Gasteiger partial charge >= 0.3 is 0 Å². The van der Waals surface area contributed by atoms with Crippen LogP contribution in [0.2, 0.25) is 5.02 Å². The summed E-state index contributed by atoms with van der Waals surface area (Å²) in [6.07, 6.45) is 0. The second kappa shape index (κ2) is 6.25. The highest BCUT2D eigenvalue weighted by Crippen LogP contribution is 2.27. The van der Waals surface area contributed by atoms with Crippen molar-refractivity contribution in [3.63, 3.8) is 0 Å². The van der Waals surface area contributed by atoms with Crippen LogP contribution < -0.4 is 0 Å². The molecule has 1 fully saturated rings. The van der Waals surface area contributed by atoms with Crippen LogP contribution >= 0.6 is 27.5 Å². The van der Waals surface area contributed by atoms with Crippen LogP contribution in [0.15, 0.2) is 22.7 Å². The third-order valence-electron chi connectivity index (χ3n) is 3.51. The van der Waals surface area contributed by atoms with Crippen molar-refractivity contribution in [3.8, 4) is 0 Å². The van der Waals surface area contributed by atoms with Crippen LogP contribution in [0.25, 0.3) is 0 Å². The fraction of sp³-hybridized carbons (Fsp3) is 0.500. The first-order chi connectivity index (χ1) is 9.00. The molecule has 1 amide bonds. The van der Waals surface area contributed by atoms with Crippen molar-refractivity contribution in [2.75, 3.05) is 26.2 Å². The number of amides is 1. The Kier molecular flexibility index (Phi) is 4.87. The average molecular weight is 346 g/mol. The molecule has 0 bridgehead atoms. The van der Waals surface area contributed by atoms with Gasteiger partial charge in [-0.2, -0.15) is 0 Å². The first-order valence-electron chi connectivity index (χ1n) is 6.48. The minimum absolute atomic E-state index is 0.0535. The highest BCUT2D eigenvalue weighted by atomic mass is 79.9. The van der Waals surface area contributed by atoms with Gasteiger partial charge in [-0.3, -0.25) is 9.69 Å². The molecule has 1 aliphatic heterocycles. The number of benzene rings is 1. The molecule has 0 atom stereocenters. The Bertz CT molecular complexity index is 471. The van der Waals surface area contributed by atoms with Gasteiger partial charge in [0.1, 0.15) is 0 Å². The van der Waals surface area contributed by atoms with Crippen molar-refractivity contribution in [2.45, 2.75) is 19.9 Å². The Morgan fingerprint density at radius 3 is 2.47 bits per heavy atom. The molecular weight excluding hydrogens is 328 g/mol. The standard InChI is InChI=1S/C14H18BrClN2O/c1-10(2)17-6-8-18(9-7-17)14(19)11-4-3-5-12(16)13(11)15/h3-5,10H,6-9H2,1-2H3. The Hall–Kier alpha value is -0.580. The van der Waals surface area contributed by atoms with E-state index in [-0.39, 0.29) is 5.91 Å². The summed E-state index contributed by atoms with van der Waals surface area (Å²) < 4.78 is 0.688. The van der Waals surface area contributed by atoms with Gasteiger partial charge in [0.25, 0.3) is 5.91 Å². The predicted octanol–water partition coefficient (Wildman–Crippen LogP) is 3.27. The molecule has 3 nitrogen and oxygen atoms in total. The monoisotopic (exact) mass is 344 g/mol. The molecule has 0 radical (unpaired) electrons. The van der Waals surface area contributed by atoms with Gasteiger partial charge in [-0.1, -0.05) is 17.7 Å². The molecule has 0 unspecified atom stereocenters.